The molecular weight excluding hydrogens is 147 g/mol. The fourth-order valence-corrected chi connectivity index (χ4v) is 0. The Bertz CT molecular complexity index is 40.2. The summed E-state index contributed by atoms with van der Waals surface area (Å²) in [5.41, 5.74) is 0.0417. The first-order valence-corrected chi connectivity index (χ1v) is 2.11. The Balaban J connectivity index is -0.000000125. The van der Waals surface area contributed by atoms with E-state index in [0.29, 0.717) is 0 Å². The van der Waals surface area contributed by atoms with E-state index in [9.17, 15) is 0 Å². The molecule has 0 aliphatic heterocycles. The Labute approximate surface area is 63.6 Å². The van der Waals surface area contributed by atoms with Gasteiger partial charge in [-0.05, 0) is 20.8 Å². The third-order valence-corrected chi connectivity index (χ3v) is 0.612. The summed E-state index contributed by atoms with van der Waals surface area (Å²) in [4.78, 5) is 0. The molecular formula is C5H14Cl2O. The molecule has 0 radical (unpaired) electrons. The Hall–Kier alpha value is 0.540. The highest BCUT2D eigenvalue weighted by Gasteiger charge is 2.03. The van der Waals surface area contributed by atoms with E-state index < -0.39 is 0 Å². The van der Waals surface area contributed by atoms with Gasteiger partial charge in [0.25, 0.3) is 0 Å². The third-order valence-electron chi connectivity index (χ3n) is 0.612. The molecule has 0 saturated heterocycles. The maximum atomic E-state index is 4.94. The van der Waals surface area contributed by atoms with Crippen molar-refractivity contribution in [3.05, 3.63) is 0 Å². The number of ether oxygens (including phenoxy) is 1. The number of methoxy groups -OCH3 is 1. The third kappa shape index (κ3) is 16.0. The van der Waals surface area contributed by atoms with Crippen molar-refractivity contribution >= 4 is 24.8 Å². The van der Waals surface area contributed by atoms with Crippen LogP contribution in [0.25, 0.3) is 0 Å². The van der Waals surface area contributed by atoms with Gasteiger partial charge in [0.1, 0.15) is 0 Å². The Morgan fingerprint density at radius 2 is 1.12 bits per heavy atom. The zero-order chi connectivity index (χ0) is 5.21. The molecule has 0 N–H and O–H groups in total. The van der Waals surface area contributed by atoms with Gasteiger partial charge in [0.05, 0.1) is 5.60 Å². The molecule has 0 aromatic heterocycles. The molecule has 54 valence electrons. The average molecular weight is 161 g/mol. The molecule has 0 amide bonds. The highest BCUT2D eigenvalue weighted by molar-refractivity contribution is 5.85. The predicted octanol–water partition coefficient (Wildman–Crippen LogP) is 2.27. The molecule has 0 fully saturated rings. The Kier molecular flexibility index (Phi) is 11.2. The molecule has 0 aliphatic carbocycles. The molecule has 3 heteroatoms. The molecule has 0 saturated carbocycles. The number of hydrogen-bond acceptors (Lipinski definition) is 1. The van der Waals surface area contributed by atoms with E-state index in [2.05, 4.69) is 0 Å². The van der Waals surface area contributed by atoms with Crippen molar-refractivity contribution in [1.29, 1.82) is 0 Å². The fraction of sp³-hybridized carbons (Fsp3) is 1.00. The van der Waals surface area contributed by atoms with E-state index in [1.54, 1.807) is 7.11 Å². The molecule has 0 aliphatic rings. The summed E-state index contributed by atoms with van der Waals surface area (Å²) in [7, 11) is 1.71. The molecule has 1 nitrogen and oxygen atoms in total. The molecule has 0 atom stereocenters. The van der Waals surface area contributed by atoms with E-state index in [-0.39, 0.29) is 30.4 Å². The van der Waals surface area contributed by atoms with Crippen LogP contribution in [0.5, 0.6) is 0 Å². The Morgan fingerprint density at radius 3 is 1.12 bits per heavy atom. The lowest BCUT2D eigenvalue weighted by Crippen LogP contribution is -2.15. The van der Waals surface area contributed by atoms with E-state index >= 15 is 0 Å². The average Bonchev–Trinajstić information content (AvgIpc) is 1.35. The second kappa shape index (κ2) is 5.67. The quantitative estimate of drug-likeness (QED) is 0.529. The lowest BCUT2D eigenvalue weighted by molar-refractivity contribution is 0.0397. The van der Waals surface area contributed by atoms with E-state index in [0.717, 1.165) is 0 Å². The van der Waals surface area contributed by atoms with Crippen molar-refractivity contribution in [2.75, 3.05) is 7.11 Å². The van der Waals surface area contributed by atoms with Gasteiger partial charge in [-0.1, -0.05) is 0 Å². The van der Waals surface area contributed by atoms with Crippen LogP contribution in [0.1, 0.15) is 20.8 Å². The molecule has 0 aromatic carbocycles. The smallest absolute Gasteiger partial charge is 0.0594 e. The fourth-order valence-electron chi connectivity index (χ4n) is 0. The summed E-state index contributed by atoms with van der Waals surface area (Å²) in [6.07, 6.45) is 0. The van der Waals surface area contributed by atoms with Gasteiger partial charge in [-0.2, -0.15) is 0 Å². The van der Waals surface area contributed by atoms with E-state index in [1.165, 1.54) is 0 Å². The van der Waals surface area contributed by atoms with Gasteiger partial charge in [-0.15, -0.1) is 24.8 Å². The van der Waals surface area contributed by atoms with Crippen molar-refractivity contribution in [3.8, 4) is 0 Å². The summed E-state index contributed by atoms with van der Waals surface area (Å²) in [5.74, 6) is 0. The maximum absolute atomic E-state index is 4.94. The standard InChI is InChI=1S/C5H12O.2ClH/c1-5(2,3)6-4;;/h1-4H3;2*1H. The summed E-state index contributed by atoms with van der Waals surface area (Å²) in [6, 6.07) is 0. The normalized spacial score (nSPS) is 9.00. The number of hydrogen-bond donors (Lipinski definition) is 0. The van der Waals surface area contributed by atoms with Crippen LogP contribution in [-0.4, -0.2) is 12.7 Å². The van der Waals surface area contributed by atoms with Crippen molar-refractivity contribution in [1.82, 2.24) is 0 Å². The summed E-state index contributed by atoms with van der Waals surface area (Å²) in [5, 5.41) is 0. The number of rotatable bonds is 0. The maximum Gasteiger partial charge on any atom is 0.0594 e. The van der Waals surface area contributed by atoms with Crippen molar-refractivity contribution < 1.29 is 4.74 Å². The summed E-state index contributed by atoms with van der Waals surface area (Å²) < 4.78 is 4.94. The van der Waals surface area contributed by atoms with Crippen molar-refractivity contribution in [3.63, 3.8) is 0 Å². The molecule has 0 aromatic rings. The predicted molar refractivity (Wildman–Crippen MR) is 41.3 cm³/mol. The lowest BCUT2D eigenvalue weighted by Gasteiger charge is -2.14. The van der Waals surface area contributed by atoms with Gasteiger partial charge in [-0.3, -0.25) is 0 Å². The Morgan fingerprint density at radius 1 is 1.00 bits per heavy atom. The zero-order valence-electron chi connectivity index (χ0n) is 5.72. The first-order valence-electron chi connectivity index (χ1n) is 2.11. The topological polar surface area (TPSA) is 9.23 Å². The van der Waals surface area contributed by atoms with Gasteiger partial charge in [0.15, 0.2) is 0 Å². The van der Waals surface area contributed by atoms with E-state index in [4.69, 9.17) is 4.74 Å². The first-order chi connectivity index (χ1) is 2.56. The van der Waals surface area contributed by atoms with Crippen LogP contribution in [-0.2, 0) is 4.74 Å². The van der Waals surface area contributed by atoms with Crippen LogP contribution < -0.4 is 0 Å². The van der Waals surface area contributed by atoms with Crippen molar-refractivity contribution in [2.45, 2.75) is 26.4 Å². The van der Waals surface area contributed by atoms with Crippen LogP contribution in [0.2, 0.25) is 0 Å². The van der Waals surface area contributed by atoms with Crippen molar-refractivity contribution in [2.24, 2.45) is 0 Å². The molecule has 0 spiro atoms. The molecule has 0 bridgehead atoms. The second-order valence-corrected chi connectivity index (χ2v) is 2.32. The van der Waals surface area contributed by atoms with Crippen LogP contribution in [0, 0.1) is 0 Å². The highest BCUT2D eigenvalue weighted by atomic mass is 35.5. The van der Waals surface area contributed by atoms with Gasteiger partial charge in [0, 0.05) is 7.11 Å². The molecule has 8 heavy (non-hydrogen) atoms. The molecule has 0 unspecified atom stereocenters. The molecule has 0 heterocycles. The first kappa shape index (κ1) is 15.8. The van der Waals surface area contributed by atoms with Gasteiger partial charge in [0.2, 0.25) is 0 Å². The SMILES string of the molecule is COC(C)(C)C.Cl.Cl. The van der Waals surface area contributed by atoms with Crippen LogP contribution in [0.4, 0.5) is 0 Å². The largest absolute Gasteiger partial charge is 0.379 e. The van der Waals surface area contributed by atoms with Crippen LogP contribution >= 0.6 is 24.8 Å². The minimum atomic E-state index is 0. The minimum Gasteiger partial charge on any atom is -0.379 e. The van der Waals surface area contributed by atoms with E-state index in [1.807, 2.05) is 20.8 Å². The second-order valence-electron chi connectivity index (χ2n) is 2.32. The lowest BCUT2D eigenvalue weighted by atomic mass is 10.2. The monoisotopic (exact) mass is 160 g/mol. The molecule has 0 rings (SSSR count). The highest BCUT2D eigenvalue weighted by Crippen LogP contribution is 2.02. The van der Waals surface area contributed by atoms with Gasteiger partial charge < -0.3 is 4.74 Å². The number of halogens is 2. The van der Waals surface area contributed by atoms with Crippen LogP contribution in [0.3, 0.4) is 0 Å². The zero-order valence-corrected chi connectivity index (χ0v) is 7.36. The minimum absolute atomic E-state index is 0. The summed E-state index contributed by atoms with van der Waals surface area (Å²) in [6.45, 7) is 6.06. The van der Waals surface area contributed by atoms with Gasteiger partial charge >= 0.3 is 0 Å². The summed E-state index contributed by atoms with van der Waals surface area (Å²) >= 11 is 0. The van der Waals surface area contributed by atoms with Gasteiger partial charge in [-0.25, -0.2) is 0 Å². The van der Waals surface area contributed by atoms with Crippen LogP contribution in [0.15, 0.2) is 0 Å².